The number of carbonyl (C=O) groups excluding carboxylic acids is 1. The van der Waals surface area contributed by atoms with Crippen LogP contribution in [0.25, 0.3) is 0 Å². The second-order valence-corrected chi connectivity index (χ2v) is 3.10. The van der Waals surface area contributed by atoms with Gasteiger partial charge in [0.2, 0.25) is 0 Å². The van der Waals surface area contributed by atoms with Crippen LogP contribution in [0.15, 0.2) is 12.1 Å². The monoisotopic (exact) mass is 200 g/mol. The Labute approximate surface area is 80.2 Å². The predicted molar refractivity (Wildman–Crippen MR) is 47.8 cm³/mol. The Kier molecular flexibility index (Phi) is 2.84. The fraction of sp³-hybridized carbons (Fsp3) is 0.300. The van der Waals surface area contributed by atoms with Gasteiger partial charge in [-0.3, -0.25) is 4.79 Å². The first-order valence-electron chi connectivity index (χ1n) is 4.06. The van der Waals surface area contributed by atoms with Gasteiger partial charge < -0.3 is 5.11 Å². The molecular formula is C10H10F2O2. The number of phenols is 1. The van der Waals surface area contributed by atoms with Gasteiger partial charge in [-0.2, -0.15) is 0 Å². The third-order valence-corrected chi connectivity index (χ3v) is 1.90. The molecule has 0 saturated heterocycles. The number of rotatable bonds is 2. The second kappa shape index (κ2) is 3.74. The largest absolute Gasteiger partial charge is 0.507 e. The molecule has 76 valence electrons. The van der Waals surface area contributed by atoms with E-state index in [2.05, 4.69) is 0 Å². The van der Waals surface area contributed by atoms with Crippen LogP contribution in [0.5, 0.6) is 5.75 Å². The lowest BCUT2D eigenvalue weighted by atomic mass is 10.0. The molecule has 0 aliphatic rings. The lowest BCUT2D eigenvalue weighted by Crippen LogP contribution is -2.01. The molecule has 1 N–H and O–H groups in total. The van der Waals surface area contributed by atoms with Crippen LogP contribution < -0.4 is 0 Å². The van der Waals surface area contributed by atoms with Gasteiger partial charge in [0.05, 0.1) is 5.56 Å². The average molecular weight is 200 g/mol. The number of hydrogen-bond acceptors (Lipinski definition) is 2. The van der Waals surface area contributed by atoms with Crippen molar-refractivity contribution in [2.75, 3.05) is 0 Å². The van der Waals surface area contributed by atoms with E-state index in [1.54, 1.807) is 6.92 Å². The van der Waals surface area contributed by atoms with Crippen LogP contribution in [0, 0.1) is 6.92 Å². The van der Waals surface area contributed by atoms with E-state index < -0.39 is 23.5 Å². The summed E-state index contributed by atoms with van der Waals surface area (Å²) in [5.74, 6) is -0.996. The van der Waals surface area contributed by atoms with E-state index >= 15 is 0 Å². The number of alkyl halides is 2. The van der Waals surface area contributed by atoms with Crippen molar-refractivity contribution in [2.24, 2.45) is 0 Å². The SMILES string of the molecule is CC(=O)c1cc(C)cc(O)c1C(F)F. The van der Waals surface area contributed by atoms with E-state index in [1.807, 2.05) is 0 Å². The molecule has 0 saturated carbocycles. The number of aromatic hydroxyl groups is 1. The zero-order chi connectivity index (χ0) is 10.9. The Morgan fingerprint density at radius 2 is 2.00 bits per heavy atom. The fourth-order valence-corrected chi connectivity index (χ4v) is 1.30. The standard InChI is InChI=1S/C10H10F2O2/c1-5-3-7(6(2)13)9(10(11)12)8(14)4-5/h3-4,10,14H,1-2H3. The second-order valence-electron chi connectivity index (χ2n) is 3.10. The van der Waals surface area contributed by atoms with E-state index in [9.17, 15) is 18.7 Å². The smallest absolute Gasteiger partial charge is 0.268 e. The van der Waals surface area contributed by atoms with Gasteiger partial charge in [-0.05, 0) is 31.5 Å². The van der Waals surface area contributed by atoms with E-state index in [-0.39, 0.29) is 5.56 Å². The zero-order valence-electron chi connectivity index (χ0n) is 7.84. The van der Waals surface area contributed by atoms with Gasteiger partial charge >= 0.3 is 0 Å². The molecule has 0 aliphatic carbocycles. The summed E-state index contributed by atoms with van der Waals surface area (Å²) in [7, 11) is 0. The molecular weight excluding hydrogens is 190 g/mol. The molecule has 0 spiro atoms. The minimum absolute atomic E-state index is 0.113. The van der Waals surface area contributed by atoms with Crippen LogP contribution in [0.3, 0.4) is 0 Å². The quantitative estimate of drug-likeness (QED) is 0.745. The number of hydrogen-bond donors (Lipinski definition) is 1. The molecule has 0 radical (unpaired) electrons. The highest BCUT2D eigenvalue weighted by molar-refractivity contribution is 5.96. The molecule has 0 heterocycles. The molecule has 0 atom stereocenters. The average Bonchev–Trinajstić information content (AvgIpc) is 2.01. The maximum Gasteiger partial charge on any atom is 0.268 e. The Morgan fingerprint density at radius 3 is 2.43 bits per heavy atom. The van der Waals surface area contributed by atoms with E-state index in [0.717, 1.165) is 0 Å². The van der Waals surface area contributed by atoms with Gasteiger partial charge in [0.1, 0.15) is 5.75 Å². The molecule has 2 nitrogen and oxygen atoms in total. The Bertz CT molecular complexity index is 373. The zero-order valence-corrected chi connectivity index (χ0v) is 7.84. The van der Waals surface area contributed by atoms with Crippen molar-refractivity contribution in [2.45, 2.75) is 20.3 Å². The van der Waals surface area contributed by atoms with Crippen LogP contribution >= 0.6 is 0 Å². The van der Waals surface area contributed by atoms with E-state index in [1.165, 1.54) is 19.1 Å². The molecule has 0 amide bonds. The number of aryl methyl sites for hydroxylation is 1. The summed E-state index contributed by atoms with van der Waals surface area (Å²) in [6.45, 7) is 2.82. The van der Waals surface area contributed by atoms with Crippen molar-refractivity contribution >= 4 is 5.78 Å². The van der Waals surface area contributed by atoms with Gasteiger partial charge in [-0.15, -0.1) is 0 Å². The van der Waals surface area contributed by atoms with Crippen LogP contribution in [0.2, 0.25) is 0 Å². The molecule has 4 heteroatoms. The minimum atomic E-state index is -2.84. The van der Waals surface area contributed by atoms with Gasteiger partial charge in [0, 0.05) is 5.56 Å². The summed E-state index contributed by atoms with van der Waals surface area (Å²) >= 11 is 0. The van der Waals surface area contributed by atoms with Crippen molar-refractivity contribution in [1.29, 1.82) is 0 Å². The molecule has 0 aliphatic heterocycles. The highest BCUT2D eigenvalue weighted by atomic mass is 19.3. The highest BCUT2D eigenvalue weighted by Crippen LogP contribution is 2.32. The Hall–Kier alpha value is -1.45. The summed E-state index contributed by atoms with van der Waals surface area (Å²) in [5, 5.41) is 9.26. The molecule has 0 aromatic heterocycles. The van der Waals surface area contributed by atoms with Crippen molar-refractivity contribution in [1.82, 2.24) is 0 Å². The van der Waals surface area contributed by atoms with Crippen molar-refractivity contribution in [3.05, 3.63) is 28.8 Å². The summed E-state index contributed by atoms with van der Waals surface area (Å²) in [5.41, 5.74) is -0.113. The lowest BCUT2D eigenvalue weighted by Gasteiger charge is -2.09. The number of ketones is 1. The summed E-state index contributed by atoms with van der Waals surface area (Å²) in [4.78, 5) is 11.0. The maximum atomic E-state index is 12.5. The fourth-order valence-electron chi connectivity index (χ4n) is 1.30. The Morgan fingerprint density at radius 1 is 1.43 bits per heavy atom. The van der Waals surface area contributed by atoms with Crippen molar-refractivity contribution in [3.8, 4) is 5.75 Å². The third kappa shape index (κ3) is 1.89. The van der Waals surface area contributed by atoms with Crippen molar-refractivity contribution < 1.29 is 18.7 Å². The predicted octanol–water partition coefficient (Wildman–Crippen LogP) is 2.84. The number of carbonyl (C=O) groups is 1. The molecule has 0 unspecified atom stereocenters. The summed E-state index contributed by atoms with van der Waals surface area (Å²) < 4.78 is 24.9. The number of halogens is 2. The third-order valence-electron chi connectivity index (χ3n) is 1.90. The first-order chi connectivity index (χ1) is 6.43. The highest BCUT2D eigenvalue weighted by Gasteiger charge is 2.20. The first-order valence-corrected chi connectivity index (χ1v) is 4.06. The van der Waals surface area contributed by atoms with E-state index in [4.69, 9.17) is 0 Å². The topological polar surface area (TPSA) is 37.3 Å². The van der Waals surface area contributed by atoms with E-state index in [0.29, 0.717) is 5.56 Å². The number of Topliss-reactive ketones (excluding diaryl/α,β-unsaturated/α-hetero) is 1. The normalized spacial score (nSPS) is 10.6. The Balaban J connectivity index is 3.44. The summed E-state index contributed by atoms with van der Waals surface area (Å²) in [6.07, 6.45) is -2.84. The molecule has 14 heavy (non-hydrogen) atoms. The van der Waals surface area contributed by atoms with Gasteiger partial charge in [-0.1, -0.05) is 0 Å². The van der Waals surface area contributed by atoms with Gasteiger partial charge in [-0.25, -0.2) is 8.78 Å². The lowest BCUT2D eigenvalue weighted by molar-refractivity contribution is 0.0996. The number of benzene rings is 1. The van der Waals surface area contributed by atoms with Crippen LogP contribution in [-0.4, -0.2) is 10.9 Å². The van der Waals surface area contributed by atoms with Gasteiger partial charge in [0.25, 0.3) is 6.43 Å². The molecule has 1 aromatic carbocycles. The molecule has 1 aromatic rings. The first kappa shape index (κ1) is 10.6. The molecule has 1 rings (SSSR count). The minimum Gasteiger partial charge on any atom is -0.507 e. The maximum absolute atomic E-state index is 12.5. The van der Waals surface area contributed by atoms with Gasteiger partial charge in [0.15, 0.2) is 5.78 Å². The van der Waals surface area contributed by atoms with Crippen LogP contribution in [-0.2, 0) is 0 Å². The van der Waals surface area contributed by atoms with Crippen LogP contribution in [0.1, 0.15) is 34.8 Å². The molecule has 0 fully saturated rings. The van der Waals surface area contributed by atoms with Crippen molar-refractivity contribution in [3.63, 3.8) is 0 Å². The molecule has 0 bridgehead atoms. The summed E-state index contributed by atoms with van der Waals surface area (Å²) in [6, 6.07) is 2.57. The number of phenolic OH excluding ortho intramolecular Hbond substituents is 1. The van der Waals surface area contributed by atoms with Crippen LogP contribution in [0.4, 0.5) is 8.78 Å².